The molecule has 2 rings (SSSR count). The topological polar surface area (TPSA) is 44.4 Å². The maximum atomic E-state index is 12.0. The normalized spacial score (nSPS) is 19.1. The summed E-state index contributed by atoms with van der Waals surface area (Å²) >= 11 is 6.07. The standard InChI is InChI=1S/C15H22ClN3O.ClH/c1-11(2)18-15(20)10-19-7-6-17-9-14(19)12-4-3-5-13(16)8-12;/h3-5,8,11,14,17H,6-7,9-10H2,1-2H3,(H,18,20);1H. The van der Waals surface area contributed by atoms with Crippen LogP contribution < -0.4 is 10.6 Å². The number of carbonyl (C=O) groups is 1. The molecule has 0 aromatic heterocycles. The van der Waals surface area contributed by atoms with Crippen LogP contribution in [0.3, 0.4) is 0 Å². The summed E-state index contributed by atoms with van der Waals surface area (Å²) in [6.07, 6.45) is 0. The van der Waals surface area contributed by atoms with Crippen molar-refractivity contribution in [1.29, 1.82) is 0 Å². The first-order valence-corrected chi connectivity index (χ1v) is 7.43. The highest BCUT2D eigenvalue weighted by Crippen LogP contribution is 2.24. The molecule has 1 aromatic rings. The summed E-state index contributed by atoms with van der Waals surface area (Å²) in [4.78, 5) is 14.2. The summed E-state index contributed by atoms with van der Waals surface area (Å²) in [5.74, 6) is 0.0777. The lowest BCUT2D eigenvalue weighted by molar-refractivity contribution is -0.123. The first-order valence-electron chi connectivity index (χ1n) is 7.06. The van der Waals surface area contributed by atoms with Gasteiger partial charge in [-0.25, -0.2) is 0 Å². The molecule has 1 aromatic carbocycles. The smallest absolute Gasteiger partial charge is 0.234 e. The van der Waals surface area contributed by atoms with E-state index in [0.717, 1.165) is 30.2 Å². The van der Waals surface area contributed by atoms with E-state index < -0.39 is 0 Å². The van der Waals surface area contributed by atoms with E-state index in [1.54, 1.807) is 0 Å². The van der Waals surface area contributed by atoms with Gasteiger partial charge in [0.05, 0.1) is 6.54 Å². The van der Waals surface area contributed by atoms with Crippen molar-refractivity contribution in [2.45, 2.75) is 25.9 Å². The number of amides is 1. The second-order valence-electron chi connectivity index (χ2n) is 5.47. The average Bonchev–Trinajstić information content (AvgIpc) is 2.38. The number of halogens is 2. The van der Waals surface area contributed by atoms with E-state index in [9.17, 15) is 4.79 Å². The minimum atomic E-state index is 0. The summed E-state index contributed by atoms with van der Waals surface area (Å²) in [5, 5.41) is 7.06. The average molecular weight is 332 g/mol. The zero-order valence-corrected chi connectivity index (χ0v) is 14.0. The van der Waals surface area contributed by atoms with E-state index in [2.05, 4.69) is 21.6 Å². The Bertz CT molecular complexity index is 468. The van der Waals surface area contributed by atoms with Crippen molar-refractivity contribution < 1.29 is 4.79 Å². The van der Waals surface area contributed by atoms with Gasteiger partial charge in [0, 0.05) is 36.7 Å². The third-order valence-electron chi connectivity index (χ3n) is 3.38. The van der Waals surface area contributed by atoms with Gasteiger partial charge in [-0.1, -0.05) is 23.7 Å². The van der Waals surface area contributed by atoms with E-state index in [4.69, 9.17) is 11.6 Å². The molecule has 0 spiro atoms. The van der Waals surface area contributed by atoms with Gasteiger partial charge in [0.1, 0.15) is 0 Å². The quantitative estimate of drug-likeness (QED) is 0.889. The van der Waals surface area contributed by atoms with Crippen molar-refractivity contribution in [3.05, 3.63) is 34.9 Å². The fourth-order valence-electron chi connectivity index (χ4n) is 2.53. The van der Waals surface area contributed by atoms with Crippen molar-refractivity contribution in [3.63, 3.8) is 0 Å². The van der Waals surface area contributed by atoms with Crippen LogP contribution in [0.4, 0.5) is 0 Å². The molecule has 0 aliphatic carbocycles. The minimum Gasteiger partial charge on any atom is -0.353 e. The maximum absolute atomic E-state index is 12.0. The Kier molecular flexibility index (Phi) is 7.46. The molecule has 6 heteroatoms. The Labute approximate surface area is 137 Å². The number of carbonyl (C=O) groups excluding carboxylic acids is 1. The summed E-state index contributed by atoms with van der Waals surface area (Å²) in [6, 6.07) is 8.24. The first-order chi connectivity index (χ1) is 9.56. The van der Waals surface area contributed by atoms with Crippen molar-refractivity contribution >= 4 is 29.9 Å². The van der Waals surface area contributed by atoms with Crippen LogP contribution in [0.1, 0.15) is 25.5 Å². The van der Waals surface area contributed by atoms with Crippen LogP contribution in [0.25, 0.3) is 0 Å². The molecule has 4 nitrogen and oxygen atoms in total. The van der Waals surface area contributed by atoms with Gasteiger partial charge in [-0.3, -0.25) is 9.69 Å². The molecular weight excluding hydrogens is 309 g/mol. The van der Waals surface area contributed by atoms with Crippen LogP contribution in [0.15, 0.2) is 24.3 Å². The van der Waals surface area contributed by atoms with Gasteiger partial charge in [-0.2, -0.15) is 0 Å². The van der Waals surface area contributed by atoms with E-state index in [1.807, 2.05) is 32.0 Å². The van der Waals surface area contributed by atoms with E-state index in [1.165, 1.54) is 0 Å². The molecule has 21 heavy (non-hydrogen) atoms. The third kappa shape index (κ3) is 5.47. The van der Waals surface area contributed by atoms with Gasteiger partial charge in [0.15, 0.2) is 0 Å². The molecule has 0 saturated carbocycles. The number of nitrogens with one attached hydrogen (secondary N) is 2. The second kappa shape index (κ2) is 8.59. The van der Waals surface area contributed by atoms with E-state index >= 15 is 0 Å². The fourth-order valence-corrected chi connectivity index (χ4v) is 2.73. The number of benzene rings is 1. The highest BCUT2D eigenvalue weighted by Gasteiger charge is 2.25. The summed E-state index contributed by atoms with van der Waals surface area (Å²) in [5.41, 5.74) is 1.15. The summed E-state index contributed by atoms with van der Waals surface area (Å²) in [6.45, 7) is 7.00. The predicted octanol–water partition coefficient (Wildman–Crippen LogP) is 2.23. The molecule has 1 atom stereocenters. The lowest BCUT2D eigenvalue weighted by atomic mass is 10.0. The van der Waals surface area contributed by atoms with Crippen LogP contribution in [0, 0.1) is 0 Å². The van der Waals surface area contributed by atoms with Crippen molar-refractivity contribution in [3.8, 4) is 0 Å². The molecule has 118 valence electrons. The van der Waals surface area contributed by atoms with Crippen LogP contribution >= 0.6 is 24.0 Å². The minimum absolute atomic E-state index is 0. The second-order valence-corrected chi connectivity index (χ2v) is 5.90. The Morgan fingerprint density at radius 3 is 2.95 bits per heavy atom. The Hall–Kier alpha value is -0.810. The highest BCUT2D eigenvalue weighted by molar-refractivity contribution is 6.30. The molecule has 1 fully saturated rings. The van der Waals surface area contributed by atoms with Crippen LogP contribution in [0.5, 0.6) is 0 Å². The van der Waals surface area contributed by atoms with Gasteiger partial charge in [-0.05, 0) is 31.5 Å². The first kappa shape index (κ1) is 18.2. The van der Waals surface area contributed by atoms with E-state index in [-0.39, 0.29) is 30.4 Å². The SMILES string of the molecule is CC(C)NC(=O)CN1CCNCC1c1cccc(Cl)c1.Cl. The van der Waals surface area contributed by atoms with Crippen molar-refractivity contribution in [1.82, 2.24) is 15.5 Å². The molecule has 1 aliphatic heterocycles. The molecular formula is C15H23Cl2N3O. The molecule has 1 aliphatic rings. The zero-order chi connectivity index (χ0) is 14.5. The van der Waals surface area contributed by atoms with Gasteiger partial charge in [-0.15, -0.1) is 12.4 Å². The van der Waals surface area contributed by atoms with Gasteiger partial charge in [0.25, 0.3) is 0 Å². The Balaban J connectivity index is 0.00000220. The summed E-state index contributed by atoms with van der Waals surface area (Å²) < 4.78 is 0. The fraction of sp³-hybridized carbons (Fsp3) is 0.533. The lowest BCUT2D eigenvalue weighted by Crippen LogP contribution is -2.50. The number of hydrogen-bond donors (Lipinski definition) is 2. The molecule has 1 saturated heterocycles. The van der Waals surface area contributed by atoms with Crippen molar-refractivity contribution in [2.75, 3.05) is 26.2 Å². The van der Waals surface area contributed by atoms with Gasteiger partial charge in [0.2, 0.25) is 5.91 Å². The number of rotatable bonds is 4. The van der Waals surface area contributed by atoms with E-state index in [0.29, 0.717) is 6.54 Å². The number of hydrogen-bond acceptors (Lipinski definition) is 3. The lowest BCUT2D eigenvalue weighted by Gasteiger charge is -2.36. The highest BCUT2D eigenvalue weighted by atomic mass is 35.5. The summed E-state index contributed by atoms with van der Waals surface area (Å²) in [7, 11) is 0. The Morgan fingerprint density at radius 1 is 1.52 bits per heavy atom. The van der Waals surface area contributed by atoms with Crippen LogP contribution in [-0.2, 0) is 4.79 Å². The third-order valence-corrected chi connectivity index (χ3v) is 3.62. The number of piperazine rings is 1. The molecule has 0 radical (unpaired) electrons. The van der Waals surface area contributed by atoms with Crippen LogP contribution in [0.2, 0.25) is 5.02 Å². The number of nitrogens with zero attached hydrogens (tertiary/aromatic N) is 1. The van der Waals surface area contributed by atoms with Gasteiger partial charge < -0.3 is 10.6 Å². The monoisotopic (exact) mass is 331 g/mol. The maximum Gasteiger partial charge on any atom is 0.234 e. The van der Waals surface area contributed by atoms with Crippen molar-refractivity contribution in [2.24, 2.45) is 0 Å². The molecule has 0 bridgehead atoms. The Morgan fingerprint density at radius 2 is 2.29 bits per heavy atom. The van der Waals surface area contributed by atoms with Gasteiger partial charge >= 0.3 is 0 Å². The predicted molar refractivity (Wildman–Crippen MR) is 89.2 cm³/mol. The largest absolute Gasteiger partial charge is 0.353 e. The zero-order valence-electron chi connectivity index (χ0n) is 12.4. The molecule has 1 amide bonds. The molecule has 1 unspecified atom stereocenters. The van der Waals surface area contributed by atoms with Crippen LogP contribution in [-0.4, -0.2) is 43.0 Å². The molecule has 2 N–H and O–H groups in total. The molecule has 1 heterocycles.